The van der Waals surface area contributed by atoms with Crippen molar-refractivity contribution in [3.05, 3.63) is 0 Å². The van der Waals surface area contributed by atoms with Crippen molar-refractivity contribution in [3.8, 4) is 0 Å². The molecule has 4 nitrogen and oxygen atoms in total. The monoisotopic (exact) mass is 270 g/mol. The van der Waals surface area contributed by atoms with Gasteiger partial charge in [-0.1, -0.05) is 38.5 Å². The molecular formula is C15H26O4. The number of carbonyl (C=O) groups is 1. The minimum absolute atomic E-state index is 0.148. The summed E-state index contributed by atoms with van der Waals surface area (Å²) >= 11 is 0. The van der Waals surface area contributed by atoms with Gasteiger partial charge in [0.05, 0.1) is 6.10 Å². The molecule has 1 aliphatic carbocycles. The van der Waals surface area contributed by atoms with Crippen molar-refractivity contribution in [3.63, 3.8) is 0 Å². The van der Waals surface area contributed by atoms with Gasteiger partial charge < -0.3 is 14.2 Å². The van der Waals surface area contributed by atoms with Gasteiger partial charge in [-0.2, -0.15) is 0 Å². The second kappa shape index (κ2) is 6.60. The van der Waals surface area contributed by atoms with Crippen LogP contribution in [0.5, 0.6) is 0 Å². The van der Waals surface area contributed by atoms with Gasteiger partial charge in [0.15, 0.2) is 0 Å². The van der Waals surface area contributed by atoms with E-state index >= 15 is 0 Å². The maximum absolute atomic E-state index is 11.4. The van der Waals surface area contributed by atoms with Crippen molar-refractivity contribution in [2.45, 2.75) is 77.1 Å². The SMILES string of the molecule is CC(C)OC(=O)OC1(CCCCC2CCCC2)CO1. The topological polar surface area (TPSA) is 48.1 Å². The number of hydrogen-bond acceptors (Lipinski definition) is 4. The van der Waals surface area contributed by atoms with Gasteiger partial charge in [-0.15, -0.1) is 0 Å². The van der Waals surface area contributed by atoms with E-state index in [-0.39, 0.29) is 6.10 Å². The van der Waals surface area contributed by atoms with E-state index in [2.05, 4.69) is 0 Å². The van der Waals surface area contributed by atoms with Crippen molar-refractivity contribution in [2.24, 2.45) is 5.92 Å². The van der Waals surface area contributed by atoms with Crippen LogP contribution in [0.4, 0.5) is 4.79 Å². The minimum Gasteiger partial charge on any atom is -0.432 e. The molecule has 2 aliphatic rings. The second-order valence-electron chi connectivity index (χ2n) is 6.11. The van der Waals surface area contributed by atoms with Gasteiger partial charge >= 0.3 is 6.16 Å². The lowest BCUT2D eigenvalue weighted by Crippen LogP contribution is -2.24. The van der Waals surface area contributed by atoms with E-state index in [1.807, 2.05) is 13.8 Å². The Kier molecular flexibility index (Phi) is 5.08. The summed E-state index contributed by atoms with van der Waals surface area (Å²) in [6, 6.07) is 0. The first kappa shape index (κ1) is 14.6. The zero-order valence-corrected chi connectivity index (χ0v) is 12.2. The Morgan fingerprint density at radius 2 is 2.00 bits per heavy atom. The molecule has 0 aromatic rings. The van der Waals surface area contributed by atoms with Gasteiger partial charge in [-0.05, 0) is 26.2 Å². The Morgan fingerprint density at radius 1 is 1.32 bits per heavy atom. The van der Waals surface area contributed by atoms with Crippen LogP contribution >= 0.6 is 0 Å². The van der Waals surface area contributed by atoms with Crippen molar-refractivity contribution in [2.75, 3.05) is 6.61 Å². The van der Waals surface area contributed by atoms with Crippen LogP contribution in [0.1, 0.15) is 65.2 Å². The third-order valence-electron chi connectivity index (χ3n) is 3.96. The molecule has 1 atom stereocenters. The molecule has 1 heterocycles. The number of unbranched alkanes of at least 4 members (excludes halogenated alkanes) is 1. The first-order valence-corrected chi connectivity index (χ1v) is 7.63. The molecule has 1 aliphatic heterocycles. The predicted octanol–water partition coefficient (Wildman–Crippen LogP) is 4.03. The van der Waals surface area contributed by atoms with Crippen LogP contribution in [-0.4, -0.2) is 24.7 Å². The van der Waals surface area contributed by atoms with Gasteiger partial charge in [0.1, 0.15) is 6.61 Å². The van der Waals surface area contributed by atoms with E-state index in [0.717, 1.165) is 18.8 Å². The minimum atomic E-state index is -0.665. The zero-order valence-electron chi connectivity index (χ0n) is 12.2. The Hall–Kier alpha value is -0.770. The maximum Gasteiger partial charge on any atom is 0.511 e. The van der Waals surface area contributed by atoms with Gasteiger partial charge in [0.2, 0.25) is 5.79 Å². The normalized spacial score (nSPS) is 26.7. The van der Waals surface area contributed by atoms with Crippen LogP contribution in [0, 0.1) is 5.92 Å². The fraction of sp³-hybridized carbons (Fsp3) is 0.933. The summed E-state index contributed by atoms with van der Waals surface area (Å²) in [7, 11) is 0. The summed E-state index contributed by atoms with van der Waals surface area (Å²) in [6.45, 7) is 4.14. The molecule has 0 aromatic carbocycles. The van der Waals surface area contributed by atoms with E-state index in [4.69, 9.17) is 14.2 Å². The molecule has 0 amide bonds. The lowest BCUT2D eigenvalue weighted by Gasteiger charge is -2.15. The first-order valence-electron chi connectivity index (χ1n) is 7.63. The zero-order chi connectivity index (χ0) is 13.7. The predicted molar refractivity (Wildman–Crippen MR) is 71.8 cm³/mol. The molecule has 2 fully saturated rings. The lowest BCUT2D eigenvalue weighted by atomic mass is 9.99. The number of hydrogen-bond donors (Lipinski definition) is 0. The largest absolute Gasteiger partial charge is 0.511 e. The number of ether oxygens (including phenoxy) is 3. The molecule has 0 spiro atoms. The molecule has 0 aromatic heterocycles. The van der Waals surface area contributed by atoms with Crippen LogP contribution in [0.3, 0.4) is 0 Å². The smallest absolute Gasteiger partial charge is 0.432 e. The Labute approximate surface area is 115 Å². The second-order valence-corrected chi connectivity index (χ2v) is 6.11. The van der Waals surface area contributed by atoms with Crippen LogP contribution in [0.15, 0.2) is 0 Å². The van der Waals surface area contributed by atoms with Crippen molar-refractivity contribution >= 4 is 6.16 Å². The molecule has 1 saturated heterocycles. The highest BCUT2D eigenvalue weighted by Crippen LogP contribution is 2.36. The summed E-state index contributed by atoms with van der Waals surface area (Å²) in [4.78, 5) is 11.4. The molecule has 0 bridgehead atoms. The highest BCUT2D eigenvalue weighted by molar-refractivity contribution is 5.60. The molecule has 1 unspecified atom stereocenters. The third-order valence-corrected chi connectivity index (χ3v) is 3.96. The van der Waals surface area contributed by atoms with Gasteiger partial charge in [0, 0.05) is 6.42 Å². The molecule has 1 saturated carbocycles. The summed E-state index contributed by atoms with van der Waals surface area (Å²) in [5.74, 6) is 0.268. The molecule has 19 heavy (non-hydrogen) atoms. The fourth-order valence-electron chi connectivity index (χ4n) is 2.83. The van der Waals surface area contributed by atoms with Gasteiger partial charge in [-0.3, -0.25) is 0 Å². The quantitative estimate of drug-likeness (QED) is 0.398. The summed E-state index contributed by atoms with van der Waals surface area (Å²) in [6.07, 6.45) is 9.24. The highest BCUT2D eigenvalue weighted by atomic mass is 16.9. The molecule has 2 rings (SSSR count). The van der Waals surface area contributed by atoms with Crippen molar-refractivity contribution in [1.82, 2.24) is 0 Å². The maximum atomic E-state index is 11.4. The molecule has 0 N–H and O–H groups in total. The Bertz CT molecular complexity index is 291. The molecular weight excluding hydrogens is 244 g/mol. The standard InChI is InChI=1S/C15H26O4/c1-12(2)18-14(16)19-15(11-17-15)10-6-5-9-13-7-3-4-8-13/h12-13H,3-11H2,1-2H3. The van der Waals surface area contributed by atoms with Gasteiger partial charge in [0.25, 0.3) is 0 Å². The lowest BCUT2D eigenvalue weighted by molar-refractivity contribution is -0.0486. The number of epoxide rings is 1. The summed E-state index contributed by atoms with van der Waals surface area (Å²) < 4.78 is 15.5. The molecule has 110 valence electrons. The average molecular weight is 270 g/mol. The van der Waals surface area contributed by atoms with E-state index in [1.54, 1.807) is 0 Å². The van der Waals surface area contributed by atoms with Crippen LogP contribution in [0.25, 0.3) is 0 Å². The summed E-state index contributed by atoms with van der Waals surface area (Å²) in [5.41, 5.74) is 0. The van der Waals surface area contributed by atoms with Gasteiger partial charge in [-0.25, -0.2) is 4.79 Å². The van der Waals surface area contributed by atoms with Crippen molar-refractivity contribution < 1.29 is 19.0 Å². The van der Waals surface area contributed by atoms with Crippen LogP contribution in [0.2, 0.25) is 0 Å². The third kappa shape index (κ3) is 5.01. The number of carbonyl (C=O) groups excluding carboxylic acids is 1. The fourth-order valence-corrected chi connectivity index (χ4v) is 2.83. The van der Waals surface area contributed by atoms with Crippen LogP contribution in [-0.2, 0) is 14.2 Å². The van der Waals surface area contributed by atoms with E-state index in [0.29, 0.717) is 6.61 Å². The summed E-state index contributed by atoms with van der Waals surface area (Å²) in [5, 5.41) is 0. The van der Waals surface area contributed by atoms with E-state index in [1.165, 1.54) is 38.5 Å². The average Bonchev–Trinajstić information content (AvgIpc) is 2.89. The van der Waals surface area contributed by atoms with E-state index < -0.39 is 11.9 Å². The van der Waals surface area contributed by atoms with E-state index in [9.17, 15) is 4.79 Å². The first-order chi connectivity index (χ1) is 9.10. The highest BCUT2D eigenvalue weighted by Gasteiger charge is 2.49. The Morgan fingerprint density at radius 3 is 2.58 bits per heavy atom. The molecule has 4 heteroatoms. The molecule has 0 radical (unpaired) electrons. The van der Waals surface area contributed by atoms with Crippen molar-refractivity contribution in [1.29, 1.82) is 0 Å². The Balaban J connectivity index is 1.57. The number of rotatable bonds is 7. The van der Waals surface area contributed by atoms with Crippen LogP contribution < -0.4 is 0 Å².